The fourth-order valence-electron chi connectivity index (χ4n) is 1.82. The van der Waals surface area contributed by atoms with Gasteiger partial charge in [-0.2, -0.15) is 5.26 Å². The summed E-state index contributed by atoms with van der Waals surface area (Å²) in [5.74, 6) is 1.57. The first-order chi connectivity index (χ1) is 8.72. The van der Waals surface area contributed by atoms with Crippen molar-refractivity contribution >= 4 is 23.4 Å². The highest BCUT2D eigenvalue weighted by molar-refractivity contribution is 7.99. The Morgan fingerprint density at radius 2 is 2.28 bits per heavy atom. The molecular weight excluding hydrogens is 244 g/mol. The first-order valence-electron chi connectivity index (χ1n) is 6.12. The van der Waals surface area contributed by atoms with Crippen LogP contribution in [0, 0.1) is 23.2 Å². The van der Waals surface area contributed by atoms with Crippen LogP contribution in [0.4, 0.5) is 5.69 Å². The second-order valence-corrected chi connectivity index (χ2v) is 5.70. The van der Waals surface area contributed by atoms with Crippen molar-refractivity contribution in [1.29, 1.82) is 5.26 Å². The molecule has 4 heteroatoms. The maximum Gasteiger partial charge on any atom is 0.227 e. The zero-order valence-corrected chi connectivity index (χ0v) is 11.2. The summed E-state index contributed by atoms with van der Waals surface area (Å²) in [5.41, 5.74) is 0.865. The summed E-state index contributed by atoms with van der Waals surface area (Å²) in [6, 6.07) is 9.89. The van der Waals surface area contributed by atoms with Gasteiger partial charge in [0, 0.05) is 23.0 Å². The number of thioether (sulfide) groups is 1. The molecule has 0 unspecified atom stereocenters. The molecule has 18 heavy (non-hydrogen) atoms. The Labute approximate surface area is 112 Å². The number of carbonyl (C=O) groups excluding carboxylic acids is 1. The Balaban J connectivity index is 1.98. The van der Waals surface area contributed by atoms with Crippen molar-refractivity contribution in [2.24, 2.45) is 11.8 Å². The topological polar surface area (TPSA) is 52.9 Å². The van der Waals surface area contributed by atoms with Gasteiger partial charge in [0.1, 0.15) is 0 Å². The third-order valence-corrected chi connectivity index (χ3v) is 4.14. The van der Waals surface area contributed by atoms with Crippen molar-refractivity contribution in [3.63, 3.8) is 0 Å². The quantitative estimate of drug-likeness (QED) is 0.653. The molecule has 1 N–H and O–H groups in total. The molecule has 1 aliphatic rings. The van der Waals surface area contributed by atoms with Gasteiger partial charge in [0.05, 0.1) is 11.8 Å². The summed E-state index contributed by atoms with van der Waals surface area (Å²) >= 11 is 1.61. The second kappa shape index (κ2) is 5.92. The zero-order valence-electron chi connectivity index (χ0n) is 10.3. The lowest BCUT2D eigenvalue weighted by atomic mass is 10.3. The van der Waals surface area contributed by atoms with Gasteiger partial charge in [-0.05, 0) is 24.5 Å². The van der Waals surface area contributed by atoms with Crippen LogP contribution in [0.5, 0.6) is 0 Å². The molecule has 1 saturated carbocycles. The van der Waals surface area contributed by atoms with Crippen LogP contribution in [-0.4, -0.2) is 11.7 Å². The lowest BCUT2D eigenvalue weighted by molar-refractivity contribution is -0.117. The van der Waals surface area contributed by atoms with E-state index in [9.17, 15) is 4.79 Å². The van der Waals surface area contributed by atoms with Crippen LogP contribution < -0.4 is 5.32 Å². The Morgan fingerprint density at radius 3 is 2.94 bits per heavy atom. The molecule has 1 aromatic carbocycles. The maximum atomic E-state index is 11.9. The third-order valence-electron chi connectivity index (χ3n) is 3.06. The van der Waals surface area contributed by atoms with E-state index in [1.165, 1.54) is 0 Å². The van der Waals surface area contributed by atoms with Crippen LogP contribution in [0.25, 0.3) is 0 Å². The molecule has 2 rings (SSSR count). The van der Waals surface area contributed by atoms with Crippen molar-refractivity contribution in [3.8, 4) is 6.07 Å². The molecular formula is C14H16N2OS. The van der Waals surface area contributed by atoms with Crippen LogP contribution in [-0.2, 0) is 4.79 Å². The Morgan fingerprint density at radius 1 is 1.56 bits per heavy atom. The van der Waals surface area contributed by atoms with Gasteiger partial charge >= 0.3 is 0 Å². The fourth-order valence-corrected chi connectivity index (χ4v) is 2.68. The first-order valence-corrected chi connectivity index (χ1v) is 7.10. The largest absolute Gasteiger partial charge is 0.325 e. The van der Waals surface area contributed by atoms with Crippen LogP contribution in [0.3, 0.4) is 0 Å². The smallest absolute Gasteiger partial charge is 0.227 e. The zero-order chi connectivity index (χ0) is 13.0. The second-order valence-electron chi connectivity index (χ2n) is 4.56. The van der Waals surface area contributed by atoms with Gasteiger partial charge < -0.3 is 5.32 Å². The molecule has 0 spiro atoms. The summed E-state index contributed by atoms with van der Waals surface area (Å²) in [4.78, 5) is 12.9. The molecule has 0 aromatic heterocycles. The molecule has 0 heterocycles. The van der Waals surface area contributed by atoms with Crippen LogP contribution in [0.1, 0.15) is 19.8 Å². The third kappa shape index (κ3) is 3.27. The van der Waals surface area contributed by atoms with E-state index in [2.05, 4.69) is 18.3 Å². The molecule has 0 aliphatic heterocycles. The number of benzene rings is 1. The summed E-state index contributed by atoms with van der Waals surface area (Å²) in [5, 5.41) is 11.5. The highest BCUT2D eigenvalue weighted by atomic mass is 32.2. The van der Waals surface area contributed by atoms with Crippen LogP contribution in [0.2, 0.25) is 0 Å². The van der Waals surface area contributed by atoms with E-state index in [-0.39, 0.29) is 11.8 Å². The lowest BCUT2D eigenvalue weighted by Crippen LogP contribution is -2.14. The molecule has 0 saturated heterocycles. The van der Waals surface area contributed by atoms with Crippen molar-refractivity contribution in [3.05, 3.63) is 24.3 Å². The van der Waals surface area contributed by atoms with Gasteiger partial charge in [-0.3, -0.25) is 4.79 Å². The van der Waals surface area contributed by atoms with Gasteiger partial charge in [-0.25, -0.2) is 0 Å². The predicted molar refractivity (Wildman–Crippen MR) is 73.3 cm³/mol. The number of anilines is 1. The molecule has 1 aliphatic carbocycles. The van der Waals surface area contributed by atoms with Gasteiger partial charge in [0.15, 0.2) is 0 Å². The fraction of sp³-hybridized carbons (Fsp3) is 0.429. The highest BCUT2D eigenvalue weighted by Gasteiger charge is 2.39. The average Bonchev–Trinajstić information content (AvgIpc) is 3.09. The minimum absolute atomic E-state index is 0.121. The Hall–Kier alpha value is -1.47. The van der Waals surface area contributed by atoms with Gasteiger partial charge in [-0.1, -0.05) is 19.1 Å². The minimum Gasteiger partial charge on any atom is -0.325 e. The minimum atomic E-state index is 0.121. The number of carbonyl (C=O) groups is 1. The van der Waals surface area contributed by atoms with E-state index < -0.39 is 0 Å². The van der Waals surface area contributed by atoms with Crippen LogP contribution in [0.15, 0.2) is 29.2 Å². The summed E-state index contributed by atoms with van der Waals surface area (Å²) in [7, 11) is 0. The maximum absolute atomic E-state index is 11.9. The van der Waals surface area contributed by atoms with Crippen molar-refractivity contribution in [2.45, 2.75) is 24.7 Å². The Kier molecular flexibility index (Phi) is 4.27. The highest BCUT2D eigenvalue weighted by Crippen LogP contribution is 2.39. The van der Waals surface area contributed by atoms with E-state index in [1.54, 1.807) is 11.8 Å². The summed E-state index contributed by atoms with van der Waals surface area (Å²) < 4.78 is 0. The molecule has 1 fully saturated rings. The van der Waals surface area contributed by atoms with E-state index >= 15 is 0 Å². The molecule has 2 atom stereocenters. The van der Waals surface area contributed by atoms with Gasteiger partial charge in [-0.15, -0.1) is 11.8 Å². The Bertz CT molecular complexity index is 481. The van der Waals surface area contributed by atoms with E-state index in [1.807, 2.05) is 24.3 Å². The average molecular weight is 260 g/mol. The first kappa shape index (κ1) is 13.0. The lowest BCUT2D eigenvalue weighted by Gasteiger charge is -2.09. The monoisotopic (exact) mass is 260 g/mol. The van der Waals surface area contributed by atoms with E-state index in [0.29, 0.717) is 12.3 Å². The number of nitrogens with one attached hydrogen (secondary N) is 1. The van der Waals surface area contributed by atoms with E-state index in [4.69, 9.17) is 5.26 Å². The summed E-state index contributed by atoms with van der Waals surface area (Å²) in [6.45, 7) is 2.10. The number of para-hydroxylation sites is 1. The number of hydrogen-bond donors (Lipinski definition) is 1. The van der Waals surface area contributed by atoms with Gasteiger partial charge in [0.25, 0.3) is 0 Å². The number of amides is 1. The molecule has 3 nitrogen and oxygen atoms in total. The molecule has 1 aromatic rings. The number of rotatable bonds is 5. The number of nitrogens with zero attached hydrogens (tertiary/aromatic N) is 1. The SMILES string of the molecule is C[C@@H]1C[C@@H]1C(=O)Nc1ccccc1SCCC#N. The molecule has 0 bridgehead atoms. The molecule has 0 radical (unpaired) electrons. The standard InChI is InChI=1S/C14H16N2OS/c1-10-9-11(10)14(17)16-12-5-2-3-6-13(12)18-8-4-7-15/h2-3,5-6,10-11H,4,8-9H2,1H3,(H,16,17)/t10-,11+/m1/s1. The summed E-state index contributed by atoms with van der Waals surface area (Å²) in [6.07, 6.45) is 1.52. The molecule has 94 valence electrons. The van der Waals surface area contributed by atoms with Crippen molar-refractivity contribution in [1.82, 2.24) is 0 Å². The van der Waals surface area contributed by atoms with Crippen molar-refractivity contribution in [2.75, 3.05) is 11.1 Å². The predicted octanol–water partition coefficient (Wildman–Crippen LogP) is 3.29. The number of hydrogen-bond acceptors (Lipinski definition) is 3. The van der Waals surface area contributed by atoms with E-state index in [0.717, 1.165) is 22.8 Å². The molecule has 1 amide bonds. The van der Waals surface area contributed by atoms with Gasteiger partial charge in [0.2, 0.25) is 5.91 Å². The number of nitriles is 1. The van der Waals surface area contributed by atoms with Crippen LogP contribution >= 0.6 is 11.8 Å². The normalized spacial score (nSPS) is 21.1. The van der Waals surface area contributed by atoms with Crippen molar-refractivity contribution < 1.29 is 4.79 Å².